The second-order valence-electron chi connectivity index (χ2n) is 5.78. The first-order valence-corrected chi connectivity index (χ1v) is 7.68. The van der Waals surface area contributed by atoms with Crippen molar-refractivity contribution in [2.75, 3.05) is 6.54 Å². The van der Waals surface area contributed by atoms with Gasteiger partial charge in [0.15, 0.2) is 5.60 Å². The largest absolute Gasteiger partial charge is 0.442 e. The van der Waals surface area contributed by atoms with Crippen LogP contribution in [-0.2, 0) is 12.0 Å². The van der Waals surface area contributed by atoms with Crippen LogP contribution in [0.5, 0.6) is 0 Å². The van der Waals surface area contributed by atoms with Crippen molar-refractivity contribution in [1.82, 2.24) is 4.98 Å². The van der Waals surface area contributed by atoms with E-state index in [-0.39, 0.29) is 5.92 Å². The maximum Gasteiger partial charge on any atom is 0.231 e. The third-order valence-electron chi connectivity index (χ3n) is 4.43. The van der Waals surface area contributed by atoms with Gasteiger partial charge in [-0.1, -0.05) is 43.2 Å². The molecular formula is C17H22N2O2. The molecule has 1 heterocycles. The van der Waals surface area contributed by atoms with Crippen molar-refractivity contribution in [1.29, 1.82) is 0 Å². The number of nitrogens with zero attached hydrogens (tertiary/aromatic N) is 1. The Morgan fingerprint density at radius 1 is 1.24 bits per heavy atom. The molecule has 3 rings (SSSR count). The van der Waals surface area contributed by atoms with Gasteiger partial charge in [0.1, 0.15) is 5.76 Å². The average molecular weight is 286 g/mol. The lowest BCUT2D eigenvalue weighted by Gasteiger charge is -2.31. The molecule has 0 aliphatic heterocycles. The van der Waals surface area contributed by atoms with E-state index in [4.69, 9.17) is 10.2 Å². The summed E-state index contributed by atoms with van der Waals surface area (Å²) in [6.07, 6.45) is 6.62. The predicted molar refractivity (Wildman–Crippen MR) is 80.7 cm³/mol. The van der Waals surface area contributed by atoms with Gasteiger partial charge >= 0.3 is 0 Å². The molecule has 0 saturated heterocycles. The van der Waals surface area contributed by atoms with Crippen LogP contribution in [0.15, 0.2) is 40.9 Å². The van der Waals surface area contributed by atoms with Crippen LogP contribution in [0.3, 0.4) is 0 Å². The molecule has 1 aromatic heterocycles. The van der Waals surface area contributed by atoms with Crippen molar-refractivity contribution in [3.8, 4) is 0 Å². The summed E-state index contributed by atoms with van der Waals surface area (Å²) in [6, 6.07) is 9.74. The van der Waals surface area contributed by atoms with Crippen LogP contribution in [-0.4, -0.2) is 16.6 Å². The lowest BCUT2D eigenvalue weighted by Crippen LogP contribution is -2.35. The highest BCUT2D eigenvalue weighted by molar-refractivity contribution is 5.30. The Morgan fingerprint density at radius 3 is 2.62 bits per heavy atom. The first-order valence-electron chi connectivity index (χ1n) is 7.68. The SMILES string of the molecule is NCCc1cnc(C(O)(c2ccccc2)C2CCCC2)o1. The topological polar surface area (TPSA) is 72.3 Å². The maximum atomic E-state index is 11.4. The average Bonchev–Trinajstić information content (AvgIpc) is 3.20. The Kier molecular flexibility index (Phi) is 4.08. The number of nitrogens with two attached hydrogens (primary N) is 1. The molecule has 0 bridgehead atoms. The fourth-order valence-electron chi connectivity index (χ4n) is 3.31. The van der Waals surface area contributed by atoms with Crippen LogP contribution in [0.2, 0.25) is 0 Å². The lowest BCUT2D eigenvalue weighted by molar-refractivity contribution is -0.00676. The number of aromatic nitrogens is 1. The Balaban J connectivity index is 2.02. The summed E-state index contributed by atoms with van der Waals surface area (Å²) in [5, 5.41) is 11.4. The van der Waals surface area contributed by atoms with E-state index in [0.717, 1.165) is 37.0 Å². The van der Waals surface area contributed by atoms with Crippen LogP contribution in [0, 0.1) is 5.92 Å². The molecule has 1 fully saturated rings. The quantitative estimate of drug-likeness (QED) is 0.886. The zero-order chi connectivity index (χ0) is 14.7. The number of rotatable bonds is 5. The van der Waals surface area contributed by atoms with E-state index in [2.05, 4.69) is 4.98 Å². The number of oxazole rings is 1. The van der Waals surface area contributed by atoms with Gasteiger partial charge in [0.05, 0.1) is 6.20 Å². The molecular weight excluding hydrogens is 264 g/mol. The second kappa shape index (κ2) is 6.00. The third-order valence-corrected chi connectivity index (χ3v) is 4.43. The van der Waals surface area contributed by atoms with E-state index in [9.17, 15) is 5.11 Å². The summed E-state index contributed by atoms with van der Waals surface area (Å²) < 4.78 is 5.81. The fourth-order valence-corrected chi connectivity index (χ4v) is 3.31. The van der Waals surface area contributed by atoms with Gasteiger partial charge in [0, 0.05) is 12.3 Å². The number of aliphatic hydroxyl groups is 1. The molecule has 2 aromatic rings. The van der Waals surface area contributed by atoms with Crippen LogP contribution < -0.4 is 5.73 Å². The van der Waals surface area contributed by atoms with Gasteiger partial charge in [0.25, 0.3) is 0 Å². The lowest BCUT2D eigenvalue weighted by atomic mass is 9.80. The molecule has 1 aliphatic rings. The molecule has 21 heavy (non-hydrogen) atoms. The Bertz CT molecular complexity index is 575. The summed E-state index contributed by atoms with van der Waals surface area (Å²) in [7, 11) is 0. The highest BCUT2D eigenvalue weighted by Gasteiger charge is 2.45. The predicted octanol–water partition coefficient (Wildman–Crippen LogP) is 2.60. The fraction of sp³-hybridized carbons (Fsp3) is 0.471. The smallest absolute Gasteiger partial charge is 0.231 e. The van der Waals surface area contributed by atoms with Crippen molar-refractivity contribution < 1.29 is 9.52 Å². The molecule has 112 valence electrons. The molecule has 1 saturated carbocycles. The molecule has 0 amide bonds. The van der Waals surface area contributed by atoms with Gasteiger partial charge in [-0.25, -0.2) is 4.98 Å². The first-order chi connectivity index (χ1) is 10.2. The van der Waals surface area contributed by atoms with Gasteiger partial charge in [-0.3, -0.25) is 0 Å². The van der Waals surface area contributed by atoms with Crippen LogP contribution >= 0.6 is 0 Å². The van der Waals surface area contributed by atoms with Crippen LogP contribution in [0.25, 0.3) is 0 Å². The Labute approximate surface area is 125 Å². The number of hydrogen-bond donors (Lipinski definition) is 2. The molecule has 0 radical (unpaired) electrons. The van der Waals surface area contributed by atoms with E-state index >= 15 is 0 Å². The van der Waals surface area contributed by atoms with Crippen molar-refractivity contribution in [3.63, 3.8) is 0 Å². The summed E-state index contributed by atoms with van der Waals surface area (Å²) in [5.41, 5.74) is 5.29. The monoisotopic (exact) mass is 286 g/mol. The third kappa shape index (κ3) is 2.61. The highest BCUT2D eigenvalue weighted by Crippen LogP contribution is 2.44. The van der Waals surface area contributed by atoms with Gasteiger partial charge in [0.2, 0.25) is 5.89 Å². The van der Waals surface area contributed by atoms with Crippen molar-refractivity contribution in [2.45, 2.75) is 37.7 Å². The van der Waals surface area contributed by atoms with E-state index in [0.29, 0.717) is 18.9 Å². The van der Waals surface area contributed by atoms with E-state index < -0.39 is 5.60 Å². The second-order valence-corrected chi connectivity index (χ2v) is 5.78. The molecule has 3 N–H and O–H groups in total. The standard InChI is InChI=1S/C17H22N2O2/c18-11-10-15-12-19-16(21-15)17(20,14-8-4-5-9-14)13-6-2-1-3-7-13/h1-3,6-7,12,14,20H,4-5,8-11,18H2. The molecule has 1 atom stereocenters. The van der Waals surface area contributed by atoms with Gasteiger partial charge in [-0.2, -0.15) is 0 Å². The molecule has 0 spiro atoms. The zero-order valence-electron chi connectivity index (χ0n) is 12.2. The van der Waals surface area contributed by atoms with E-state index in [1.165, 1.54) is 0 Å². The van der Waals surface area contributed by atoms with E-state index in [1.807, 2.05) is 30.3 Å². The highest BCUT2D eigenvalue weighted by atomic mass is 16.4. The minimum Gasteiger partial charge on any atom is -0.442 e. The van der Waals surface area contributed by atoms with Gasteiger partial charge in [-0.05, 0) is 24.9 Å². The molecule has 4 nitrogen and oxygen atoms in total. The van der Waals surface area contributed by atoms with Crippen LogP contribution in [0.1, 0.15) is 42.9 Å². The summed E-state index contributed by atoms with van der Waals surface area (Å²) in [4.78, 5) is 4.36. The van der Waals surface area contributed by atoms with Gasteiger partial charge in [-0.15, -0.1) is 0 Å². The molecule has 1 aromatic carbocycles. The molecule has 1 aliphatic carbocycles. The Morgan fingerprint density at radius 2 is 1.95 bits per heavy atom. The summed E-state index contributed by atoms with van der Waals surface area (Å²) in [5.74, 6) is 1.30. The molecule has 4 heteroatoms. The summed E-state index contributed by atoms with van der Waals surface area (Å²) in [6.45, 7) is 0.516. The van der Waals surface area contributed by atoms with E-state index in [1.54, 1.807) is 6.20 Å². The Hall–Kier alpha value is -1.65. The first kappa shape index (κ1) is 14.3. The maximum absolute atomic E-state index is 11.4. The number of benzene rings is 1. The van der Waals surface area contributed by atoms with Crippen molar-refractivity contribution >= 4 is 0 Å². The minimum absolute atomic E-state index is 0.157. The normalized spacial score (nSPS) is 18.8. The summed E-state index contributed by atoms with van der Waals surface area (Å²) >= 11 is 0. The van der Waals surface area contributed by atoms with Crippen molar-refractivity contribution in [3.05, 3.63) is 53.7 Å². The number of hydrogen-bond acceptors (Lipinski definition) is 4. The van der Waals surface area contributed by atoms with Gasteiger partial charge < -0.3 is 15.3 Å². The molecule has 1 unspecified atom stereocenters. The minimum atomic E-state index is -1.13. The zero-order valence-corrected chi connectivity index (χ0v) is 12.2. The van der Waals surface area contributed by atoms with Crippen molar-refractivity contribution in [2.24, 2.45) is 11.7 Å². The van der Waals surface area contributed by atoms with Crippen LogP contribution in [0.4, 0.5) is 0 Å².